The molecular formula is C34H41Cl2SiZr. The van der Waals surface area contributed by atoms with E-state index in [1.54, 1.807) is 6.55 Å². The number of rotatable bonds is 5. The van der Waals surface area contributed by atoms with E-state index in [-0.39, 0.29) is 51.0 Å². The van der Waals surface area contributed by atoms with Crippen LogP contribution in [0.5, 0.6) is 0 Å². The molecule has 5 aromatic rings. The first-order valence-corrected chi connectivity index (χ1v) is 14.0. The maximum atomic E-state index is 2.97. The van der Waals surface area contributed by atoms with Crippen LogP contribution in [-0.2, 0) is 32.6 Å². The predicted molar refractivity (Wildman–Crippen MR) is 160 cm³/mol. The molecule has 0 unspecified atom stereocenters. The maximum Gasteiger partial charge on any atom is 4.00 e. The smallest absolute Gasteiger partial charge is 1.00 e. The number of unbranched alkanes of at least 4 members (excludes halogenated alkanes) is 3. The normalized spacial score (nSPS) is 9.21. The first-order valence-electron chi connectivity index (χ1n) is 13.0. The summed E-state index contributed by atoms with van der Waals surface area (Å²) < 4.78 is 0. The quantitative estimate of drug-likeness (QED) is 0.152. The number of aryl methyl sites for hydroxylation is 2. The largest absolute Gasteiger partial charge is 4.00 e. The topological polar surface area (TPSA) is 0 Å². The number of hydrogen-bond acceptors (Lipinski definition) is 0. The van der Waals surface area contributed by atoms with Crippen molar-refractivity contribution in [3.05, 3.63) is 108 Å². The number of hydrogen-bond donors (Lipinski definition) is 0. The van der Waals surface area contributed by atoms with E-state index in [9.17, 15) is 0 Å². The van der Waals surface area contributed by atoms with Crippen molar-refractivity contribution in [2.75, 3.05) is 0 Å². The summed E-state index contributed by atoms with van der Waals surface area (Å²) in [5.74, 6) is 0. The van der Waals surface area contributed by atoms with Gasteiger partial charge in [-0.15, -0.1) is 75.1 Å². The van der Waals surface area contributed by atoms with Crippen molar-refractivity contribution in [3.8, 4) is 11.1 Å². The van der Waals surface area contributed by atoms with Crippen molar-refractivity contribution in [1.29, 1.82) is 0 Å². The maximum absolute atomic E-state index is 2.97. The summed E-state index contributed by atoms with van der Waals surface area (Å²) in [7, 11) is 2.97. The third-order valence-electron chi connectivity index (χ3n) is 6.02. The average Bonchev–Trinajstić information content (AvgIpc) is 3.52. The van der Waals surface area contributed by atoms with Crippen LogP contribution in [0.15, 0.2) is 97.1 Å². The van der Waals surface area contributed by atoms with Crippen LogP contribution in [-0.4, -0.2) is 10.2 Å². The Morgan fingerprint density at radius 2 is 1.24 bits per heavy atom. The molecule has 0 saturated heterocycles. The summed E-state index contributed by atoms with van der Waals surface area (Å²) in [6, 6.07) is 34.6. The molecule has 0 aliphatic heterocycles. The van der Waals surface area contributed by atoms with Gasteiger partial charge in [0.1, 0.15) is 0 Å². The molecule has 0 amide bonds. The molecule has 0 fully saturated rings. The second-order valence-electron chi connectivity index (χ2n) is 8.76. The molecule has 5 rings (SSSR count). The van der Waals surface area contributed by atoms with Gasteiger partial charge < -0.3 is 24.8 Å². The third-order valence-corrected chi connectivity index (χ3v) is 6.02. The van der Waals surface area contributed by atoms with Crippen LogP contribution in [0.1, 0.15) is 57.6 Å². The Bertz CT molecular complexity index is 1200. The molecule has 3 radical (unpaired) electrons. The molecule has 0 saturated carbocycles. The minimum atomic E-state index is 0. The van der Waals surface area contributed by atoms with Crippen molar-refractivity contribution in [1.82, 2.24) is 0 Å². The van der Waals surface area contributed by atoms with Crippen LogP contribution in [0, 0.1) is 6.92 Å². The summed E-state index contributed by atoms with van der Waals surface area (Å²) in [6.45, 7) is 10.6. The first kappa shape index (κ1) is 38.7. The van der Waals surface area contributed by atoms with Gasteiger partial charge in [0.15, 0.2) is 0 Å². The van der Waals surface area contributed by atoms with Gasteiger partial charge in [-0.25, -0.2) is 0 Å². The van der Waals surface area contributed by atoms with Crippen LogP contribution in [0.3, 0.4) is 0 Å². The second-order valence-corrected chi connectivity index (χ2v) is 8.76. The Morgan fingerprint density at radius 3 is 1.82 bits per heavy atom. The minimum absolute atomic E-state index is 0. The standard InChI is InChI=1S/C16H13.C11H11.C6H14.CH3Si.2ClH.Zr/c1-12-10-14-8-5-9-15(16(14)11-12)13-6-3-2-4-7-13;1-2-9-7-10-5-3-4-6-11(10)8-9;1-3-5-6-4-2;1-2;;;/h2-11H,1H3;3-8H,2H2,1H3;3-6H2,1-2H3;1H3;2*1H;/q2*-1;;;;;+4/p-2. The van der Waals surface area contributed by atoms with Gasteiger partial charge in [-0.1, -0.05) is 108 Å². The van der Waals surface area contributed by atoms with Gasteiger partial charge in [-0.3, -0.25) is 0 Å². The van der Waals surface area contributed by atoms with Crippen LogP contribution in [0.2, 0.25) is 6.55 Å². The van der Waals surface area contributed by atoms with Crippen LogP contribution < -0.4 is 24.8 Å². The fraction of sp³-hybridized carbons (Fsp3) is 0.294. The van der Waals surface area contributed by atoms with E-state index in [1.807, 2.05) is 0 Å². The minimum Gasteiger partial charge on any atom is -1.00 e. The van der Waals surface area contributed by atoms with Crippen molar-refractivity contribution >= 4 is 31.8 Å². The van der Waals surface area contributed by atoms with E-state index < -0.39 is 0 Å². The van der Waals surface area contributed by atoms with E-state index in [1.165, 1.54) is 69.5 Å². The molecule has 0 nitrogen and oxygen atoms in total. The Kier molecular flexibility index (Phi) is 22.8. The molecule has 0 aliphatic rings. The molecule has 0 heterocycles. The van der Waals surface area contributed by atoms with Gasteiger partial charge >= 0.3 is 26.2 Å². The Hall–Kier alpha value is -1.44. The van der Waals surface area contributed by atoms with Gasteiger partial charge in [-0.05, 0) is 12.0 Å². The van der Waals surface area contributed by atoms with Crippen molar-refractivity contribution in [2.24, 2.45) is 0 Å². The van der Waals surface area contributed by atoms with Gasteiger partial charge in [0, 0.05) is 10.2 Å². The molecular weight excluding hydrogens is 599 g/mol. The average molecular weight is 640 g/mol. The van der Waals surface area contributed by atoms with E-state index in [0.717, 1.165) is 6.42 Å². The Labute approximate surface area is 266 Å². The van der Waals surface area contributed by atoms with Crippen molar-refractivity contribution in [2.45, 2.75) is 66.3 Å². The second kappa shape index (κ2) is 22.4. The van der Waals surface area contributed by atoms with E-state index in [4.69, 9.17) is 0 Å². The fourth-order valence-corrected chi connectivity index (χ4v) is 4.17. The summed E-state index contributed by atoms with van der Waals surface area (Å²) in [5.41, 5.74) is 5.38. The van der Waals surface area contributed by atoms with Crippen molar-refractivity contribution in [3.63, 3.8) is 0 Å². The van der Waals surface area contributed by atoms with Gasteiger partial charge in [0.2, 0.25) is 0 Å². The molecule has 0 atom stereocenters. The van der Waals surface area contributed by atoms with E-state index >= 15 is 0 Å². The monoisotopic (exact) mass is 637 g/mol. The van der Waals surface area contributed by atoms with Crippen LogP contribution >= 0.6 is 0 Å². The van der Waals surface area contributed by atoms with E-state index in [2.05, 4.69) is 135 Å². The molecule has 199 valence electrons. The zero-order valence-corrected chi connectivity index (χ0v) is 28.5. The number of fused-ring (bicyclic) bond motifs is 2. The molecule has 0 N–H and O–H groups in total. The summed E-state index contributed by atoms with van der Waals surface area (Å²) in [6.07, 6.45) is 6.67. The molecule has 0 aliphatic carbocycles. The number of benzene rings is 3. The van der Waals surface area contributed by atoms with Crippen LogP contribution in [0.4, 0.5) is 0 Å². The van der Waals surface area contributed by atoms with E-state index in [0.29, 0.717) is 0 Å². The zero-order valence-electron chi connectivity index (χ0n) is 23.5. The zero-order chi connectivity index (χ0) is 25.5. The molecule has 0 spiro atoms. The van der Waals surface area contributed by atoms with Crippen LogP contribution in [0.25, 0.3) is 32.7 Å². The van der Waals surface area contributed by atoms with Crippen molar-refractivity contribution < 1.29 is 51.0 Å². The fourth-order valence-electron chi connectivity index (χ4n) is 4.17. The number of halogens is 2. The molecule has 5 aromatic carbocycles. The Morgan fingerprint density at radius 1 is 0.658 bits per heavy atom. The summed E-state index contributed by atoms with van der Waals surface area (Å²) in [5, 5.41) is 5.42. The van der Waals surface area contributed by atoms with Gasteiger partial charge in [0.05, 0.1) is 0 Å². The van der Waals surface area contributed by atoms with Gasteiger partial charge in [-0.2, -0.15) is 12.1 Å². The van der Waals surface area contributed by atoms with Gasteiger partial charge in [0.25, 0.3) is 0 Å². The molecule has 0 aromatic heterocycles. The third kappa shape index (κ3) is 12.2. The molecule has 0 bridgehead atoms. The first-order chi connectivity index (χ1) is 17.2. The molecule has 38 heavy (non-hydrogen) atoms. The SMILES string of the molecule is CCCCCC.CCc1cc2ccccc2[cH-]1.C[Si].Cc1cc2c(-c3ccccc3)cccc2[cH-]1.[Cl-].[Cl-].[Zr+4]. The predicted octanol–water partition coefficient (Wildman–Crippen LogP) is 4.45. The molecule has 4 heteroatoms. The Balaban J connectivity index is 0. The summed E-state index contributed by atoms with van der Waals surface area (Å²) >= 11 is 0. The summed E-state index contributed by atoms with van der Waals surface area (Å²) in [4.78, 5) is 0.